The van der Waals surface area contributed by atoms with E-state index in [1.807, 2.05) is 17.7 Å². The van der Waals surface area contributed by atoms with Crippen molar-refractivity contribution in [2.75, 3.05) is 5.32 Å². The summed E-state index contributed by atoms with van der Waals surface area (Å²) < 4.78 is 2.45. The summed E-state index contributed by atoms with van der Waals surface area (Å²) in [6.45, 7) is 1.91. The van der Waals surface area contributed by atoms with E-state index in [-0.39, 0.29) is 11.7 Å². The molecule has 26 heavy (non-hydrogen) atoms. The van der Waals surface area contributed by atoms with E-state index in [0.717, 1.165) is 24.8 Å². The molecular formula is C20H20N4O2. The van der Waals surface area contributed by atoms with Gasteiger partial charge in [0.2, 0.25) is 0 Å². The molecule has 3 aromatic rings. The number of hydrogen-bond donors (Lipinski definition) is 1. The molecule has 6 heteroatoms. The van der Waals surface area contributed by atoms with Crippen molar-refractivity contribution in [2.24, 2.45) is 0 Å². The predicted molar refractivity (Wildman–Crippen MR) is 97.8 cm³/mol. The third kappa shape index (κ3) is 2.83. The number of rotatable bonds is 3. The number of carbonyl (C=O) groups is 1. The van der Waals surface area contributed by atoms with Gasteiger partial charge in [-0.25, -0.2) is 4.68 Å². The van der Waals surface area contributed by atoms with Crippen LogP contribution < -0.4 is 10.0 Å². The molecule has 6 nitrogen and oxygen atoms in total. The van der Waals surface area contributed by atoms with Crippen LogP contribution in [0.1, 0.15) is 46.1 Å². The lowest BCUT2D eigenvalue weighted by Crippen LogP contribution is -2.36. The van der Waals surface area contributed by atoms with Crippen molar-refractivity contribution in [3.8, 4) is 0 Å². The third-order valence-corrected chi connectivity index (χ3v) is 4.90. The lowest BCUT2D eigenvalue weighted by molar-refractivity contribution is -0.607. The minimum absolute atomic E-state index is 0.0590. The molecule has 1 aromatic carbocycles. The largest absolute Gasteiger partial charge is 0.618 e. The number of anilines is 1. The number of benzene rings is 1. The molecule has 0 saturated heterocycles. The summed E-state index contributed by atoms with van der Waals surface area (Å²) in [5, 5.41) is 19.3. The predicted octanol–water partition coefficient (Wildman–Crippen LogP) is 3.00. The zero-order valence-electron chi connectivity index (χ0n) is 14.6. The van der Waals surface area contributed by atoms with Crippen LogP contribution in [0.2, 0.25) is 0 Å². The van der Waals surface area contributed by atoms with Crippen LogP contribution in [0.3, 0.4) is 0 Å². The molecular weight excluding hydrogens is 328 g/mol. The first-order chi connectivity index (χ1) is 12.6. The van der Waals surface area contributed by atoms with Crippen LogP contribution >= 0.6 is 0 Å². The summed E-state index contributed by atoms with van der Waals surface area (Å²) >= 11 is 0. The quantitative estimate of drug-likeness (QED) is 0.584. The Hall–Kier alpha value is -3.15. The van der Waals surface area contributed by atoms with Crippen molar-refractivity contribution in [3.63, 3.8) is 0 Å². The second kappa shape index (κ2) is 6.63. The summed E-state index contributed by atoms with van der Waals surface area (Å²) in [7, 11) is 0. The van der Waals surface area contributed by atoms with Crippen LogP contribution in [0.15, 0.2) is 54.9 Å². The lowest BCUT2D eigenvalue weighted by Gasteiger charge is -2.27. The van der Waals surface area contributed by atoms with Crippen LogP contribution in [0.4, 0.5) is 5.82 Å². The van der Waals surface area contributed by atoms with Gasteiger partial charge in [0.05, 0.1) is 12.2 Å². The van der Waals surface area contributed by atoms with Gasteiger partial charge < -0.3 is 10.5 Å². The highest BCUT2D eigenvalue weighted by Gasteiger charge is 2.26. The van der Waals surface area contributed by atoms with Crippen molar-refractivity contribution < 1.29 is 9.52 Å². The fourth-order valence-corrected chi connectivity index (χ4v) is 3.60. The second-order valence-corrected chi connectivity index (χ2v) is 6.59. The van der Waals surface area contributed by atoms with Crippen LogP contribution in [0.5, 0.6) is 0 Å². The Morgan fingerprint density at radius 2 is 2.08 bits per heavy atom. The molecule has 4 rings (SSSR count). The number of fused-ring (bicyclic) bond motifs is 1. The topological polar surface area (TPSA) is 73.9 Å². The molecule has 0 bridgehead atoms. The highest BCUT2D eigenvalue weighted by atomic mass is 16.5. The Labute approximate surface area is 151 Å². The van der Waals surface area contributed by atoms with Gasteiger partial charge in [-0.1, -0.05) is 24.3 Å². The summed E-state index contributed by atoms with van der Waals surface area (Å²) in [6.07, 6.45) is 6.18. The molecule has 0 radical (unpaired) electrons. The molecule has 0 unspecified atom stereocenters. The van der Waals surface area contributed by atoms with Crippen LogP contribution in [0, 0.1) is 12.1 Å². The van der Waals surface area contributed by atoms with E-state index in [2.05, 4.69) is 28.6 Å². The molecule has 1 amide bonds. The average molecular weight is 348 g/mol. The van der Waals surface area contributed by atoms with Crippen LogP contribution in [-0.4, -0.2) is 15.7 Å². The Balaban J connectivity index is 1.69. The molecule has 0 aliphatic heterocycles. The fraction of sp³-hybridized carbons (Fsp3) is 0.250. The van der Waals surface area contributed by atoms with E-state index in [1.54, 1.807) is 18.3 Å². The van der Waals surface area contributed by atoms with Gasteiger partial charge in [0.1, 0.15) is 5.82 Å². The summed E-state index contributed by atoms with van der Waals surface area (Å²) in [5.41, 5.74) is 3.50. The van der Waals surface area contributed by atoms with E-state index in [9.17, 15) is 10.0 Å². The molecule has 1 N–H and O–H groups in total. The molecule has 1 aliphatic carbocycles. The summed E-state index contributed by atoms with van der Waals surface area (Å²) in [4.78, 5) is 12.6. The maximum Gasteiger partial charge on any atom is 0.322 e. The van der Waals surface area contributed by atoms with Gasteiger partial charge in [0.25, 0.3) is 5.69 Å². The van der Waals surface area contributed by atoms with Gasteiger partial charge in [-0.05, 0) is 43.4 Å². The van der Waals surface area contributed by atoms with Crippen molar-refractivity contribution >= 4 is 11.7 Å². The van der Waals surface area contributed by atoms with Gasteiger partial charge in [-0.15, -0.1) is 0 Å². The highest BCUT2D eigenvalue weighted by molar-refractivity contribution is 6.01. The number of aromatic nitrogens is 3. The van der Waals surface area contributed by atoms with E-state index in [4.69, 9.17) is 0 Å². The van der Waals surface area contributed by atoms with E-state index >= 15 is 0 Å². The number of hydrogen-bond acceptors (Lipinski definition) is 3. The summed E-state index contributed by atoms with van der Waals surface area (Å²) in [5.74, 6) is 0.204. The molecule has 0 spiro atoms. The Kier molecular flexibility index (Phi) is 4.16. The first-order valence-electron chi connectivity index (χ1n) is 8.76. The SMILES string of the molecule is Cc1cnn([C@@H]2CCCc3ccccc32)c1NC(=O)c1cccc[n+]1[O-]. The average Bonchev–Trinajstić information content (AvgIpc) is 3.02. The van der Waals surface area contributed by atoms with Crippen molar-refractivity contribution in [2.45, 2.75) is 32.2 Å². The van der Waals surface area contributed by atoms with Crippen LogP contribution in [0.25, 0.3) is 0 Å². The van der Waals surface area contributed by atoms with E-state index in [1.165, 1.54) is 23.4 Å². The third-order valence-electron chi connectivity index (χ3n) is 4.90. The van der Waals surface area contributed by atoms with Crippen molar-refractivity contribution in [3.05, 3.63) is 82.4 Å². The van der Waals surface area contributed by atoms with Gasteiger partial charge in [-0.3, -0.25) is 4.79 Å². The molecule has 2 aromatic heterocycles. The van der Waals surface area contributed by atoms with Gasteiger partial charge >= 0.3 is 5.91 Å². The zero-order valence-corrected chi connectivity index (χ0v) is 14.6. The normalized spacial score (nSPS) is 16.1. The highest BCUT2D eigenvalue weighted by Crippen LogP contribution is 2.35. The first-order valence-corrected chi connectivity index (χ1v) is 8.76. The van der Waals surface area contributed by atoms with E-state index < -0.39 is 5.91 Å². The molecule has 2 heterocycles. The number of nitrogens with zero attached hydrogens (tertiary/aromatic N) is 3. The monoisotopic (exact) mass is 348 g/mol. The van der Waals surface area contributed by atoms with Crippen molar-refractivity contribution in [1.29, 1.82) is 0 Å². The smallest absolute Gasteiger partial charge is 0.322 e. The van der Waals surface area contributed by atoms with Crippen molar-refractivity contribution in [1.82, 2.24) is 9.78 Å². The lowest BCUT2D eigenvalue weighted by atomic mass is 9.88. The number of nitrogens with one attached hydrogen (secondary N) is 1. The molecule has 132 valence electrons. The number of amides is 1. The maximum absolute atomic E-state index is 12.6. The second-order valence-electron chi connectivity index (χ2n) is 6.59. The number of pyridine rings is 1. The van der Waals surface area contributed by atoms with Gasteiger partial charge in [0.15, 0.2) is 6.20 Å². The Bertz CT molecular complexity index is 964. The minimum Gasteiger partial charge on any atom is -0.618 e. The van der Waals surface area contributed by atoms with Crippen LogP contribution in [-0.2, 0) is 6.42 Å². The Morgan fingerprint density at radius 3 is 2.92 bits per heavy atom. The molecule has 1 aliphatic rings. The number of carbonyl (C=O) groups excluding carboxylic acids is 1. The van der Waals surface area contributed by atoms with E-state index in [0.29, 0.717) is 10.5 Å². The zero-order chi connectivity index (χ0) is 18.1. The molecule has 0 fully saturated rings. The molecule has 0 saturated carbocycles. The standard InChI is InChI=1S/C20H20N4O2/c1-14-13-21-24(17-11-6-8-15-7-2-3-9-16(15)17)19(14)22-20(25)18-10-4-5-12-23(18)26/h2-5,7,9-10,12-13,17H,6,8,11H2,1H3,(H,22,25)/t17-/m1/s1. The minimum atomic E-state index is -0.436. The maximum atomic E-state index is 12.6. The summed E-state index contributed by atoms with van der Waals surface area (Å²) in [6, 6.07) is 13.2. The Morgan fingerprint density at radius 1 is 1.27 bits per heavy atom. The van der Waals surface area contributed by atoms with Gasteiger partial charge in [-0.2, -0.15) is 9.83 Å². The first kappa shape index (κ1) is 16.3. The fourth-order valence-electron chi connectivity index (χ4n) is 3.60. The number of aryl methyl sites for hydroxylation is 2. The molecule has 1 atom stereocenters. The van der Waals surface area contributed by atoms with Gasteiger partial charge in [0, 0.05) is 17.7 Å².